The minimum Gasteiger partial charge on any atom is -0.293 e. The van der Waals surface area contributed by atoms with Crippen molar-refractivity contribution in [2.45, 2.75) is 25.4 Å². The van der Waals surface area contributed by atoms with Gasteiger partial charge in [-0.05, 0) is 48.6 Å². The highest BCUT2D eigenvalue weighted by atomic mass is 35.5. The van der Waals surface area contributed by atoms with Gasteiger partial charge in [0.05, 0.1) is 6.54 Å². The van der Waals surface area contributed by atoms with Crippen LogP contribution in [0.1, 0.15) is 28.1 Å². The van der Waals surface area contributed by atoms with Gasteiger partial charge in [0.15, 0.2) is 5.78 Å². The molecule has 2 nitrogen and oxygen atoms in total. The molecule has 1 heterocycles. The fourth-order valence-electron chi connectivity index (χ4n) is 2.27. The molecule has 0 bridgehead atoms. The van der Waals surface area contributed by atoms with Crippen LogP contribution in [0.2, 0.25) is 5.02 Å². The number of Topliss-reactive ketones (excluding diaryl/α,β-unsaturated/α-hetero) is 1. The molecule has 1 aromatic heterocycles. The summed E-state index contributed by atoms with van der Waals surface area (Å²) in [6, 6.07) is 11.9. The van der Waals surface area contributed by atoms with Gasteiger partial charge in [0.25, 0.3) is 0 Å². The van der Waals surface area contributed by atoms with Crippen LogP contribution in [0.15, 0.2) is 41.8 Å². The zero-order valence-electron chi connectivity index (χ0n) is 11.1. The Balaban J connectivity index is 1.67. The van der Waals surface area contributed by atoms with E-state index in [0.29, 0.717) is 17.6 Å². The van der Waals surface area contributed by atoms with Crippen LogP contribution in [0.5, 0.6) is 0 Å². The lowest BCUT2D eigenvalue weighted by Gasteiger charge is -2.20. The van der Waals surface area contributed by atoms with Crippen molar-refractivity contribution in [2.24, 2.45) is 0 Å². The van der Waals surface area contributed by atoms with Gasteiger partial charge in [-0.2, -0.15) is 0 Å². The predicted molar refractivity (Wildman–Crippen MR) is 83.5 cm³/mol. The van der Waals surface area contributed by atoms with Crippen LogP contribution in [0.3, 0.4) is 0 Å². The van der Waals surface area contributed by atoms with E-state index in [1.54, 1.807) is 35.6 Å². The molecule has 4 heteroatoms. The summed E-state index contributed by atoms with van der Waals surface area (Å²) < 4.78 is 0. The van der Waals surface area contributed by atoms with E-state index in [1.165, 1.54) is 17.7 Å². The molecule has 104 valence electrons. The summed E-state index contributed by atoms with van der Waals surface area (Å²) in [6.45, 7) is 1.37. The number of halogens is 1. The van der Waals surface area contributed by atoms with Gasteiger partial charge in [-0.1, -0.05) is 17.7 Å². The third kappa shape index (κ3) is 3.48. The van der Waals surface area contributed by atoms with Gasteiger partial charge in [0, 0.05) is 28.0 Å². The molecule has 0 N–H and O–H groups in total. The number of ketones is 1. The summed E-state index contributed by atoms with van der Waals surface area (Å²) in [7, 11) is 0. The van der Waals surface area contributed by atoms with E-state index in [-0.39, 0.29) is 5.78 Å². The number of rotatable bonds is 6. The standard InChI is InChI=1S/C16H16ClNOS/c17-13-5-3-12(4-6-13)16(19)11-18(14-7-8-14)10-15-2-1-9-20-15/h1-6,9,14H,7-8,10-11H2. The molecule has 0 atom stereocenters. The maximum Gasteiger partial charge on any atom is 0.176 e. The molecule has 0 amide bonds. The molecule has 0 saturated heterocycles. The van der Waals surface area contributed by atoms with E-state index >= 15 is 0 Å². The fraction of sp³-hybridized carbons (Fsp3) is 0.312. The summed E-state index contributed by atoms with van der Waals surface area (Å²) in [6.07, 6.45) is 2.42. The summed E-state index contributed by atoms with van der Waals surface area (Å²) >= 11 is 7.61. The molecular weight excluding hydrogens is 290 g/mol. The number of nitrogens with zero attached hydrogens (tertiary/aromatic N) is 1. The summed E-state index contributed by atoms with van der Waals surface area (Å²) in [5.41, 5.74) is 0.742. The van der Waals surface area contributed by atoms with Crippen molar-refractivity contribution in [1.82, 2.24) is 4.90 Å². The average Bonchev–Trinajstić information content (AvgIpc) is 3.17. The van der Waals surface area contributed by atoms with Gasteiger partial charge in [-0.3, -0.25) is 9.69 Å². The third-order valence-corrected chi connectivity index (χ3v) is 4.63. The third-order valence-electron chi connectivity index (χ3n) is 3.52. The molecule has 0 spiro atoms. The minimum atomic E-state index is 0.171. The summed E-state index contributed by atoms with van der Waals surface area (Å²) in [4.78, 5) is 16.0. The van der Waals surface area contributed by atoms with Crippen LogP contribution in [-0.4, -0.2) is 23.3 Å². The van der Waals surface area contributed by atoms with E-state index < -0.39 is 0 Å². The second-order valence-electron chi connectivity index (χ2n) is 5.15. The summed E-state index contributed by atoms with van der Waals surface area (Å²) in [5, 5.41) is 2.75. The second kappa shape index (κ2) is 6.08. The zero-order valence-corrected chi connectivity index (χ0v) is 12.7. The minimum absolute atomic E-state index is 0.171. The highest BCUT2D eigenvalue weighted by Crippen LogP contribution is 2.29. The first-order valence-corrected chi connectivity index (χ1v) is 8.03. The first-order valence-electron chi connectivity index (χ1n) is 6.77. The van der Waals surface area contributed by atoms with E-state index in [9.17, 15) is 4.79 Å². The second-order valence-corrected chi connectivity index (χ2v) is 6.61. The molecular formula is C16H16ClNOS. The fourth-order valence-corrected chi connectivity index (χ4v) is 3.12. The Morgan fingerprint density at radius 2 is 2.00 bits per heavy atom. The zero-order chi connectivity index (χ0) is 13.9. The van der Waals surface area contributed by atoms with Crippen molar-refractivity contribution in [1.29, 1.82) is 0 Å². The normalized spacial score (nSPS) is 14.7. The van der Waals surface area contributed by atoms with Crippen LogP contribution in [0.4, 0.5) is 0 Å². The molecule has 1 aromatic carbocycles. The molecule has 3 rings (SSSR count). The lowest BCUT2D eigenvalue weighted by Crippen LogP contribution is -2.31. The highest BCUT2D eigenvalue weighted by Gasteiger charge is 2.30. The van der Waals surface area contributed by atoms with Crippen molar-refractivity contribution in [3.8, 4) is 0 Å². The molecule has 1 fully saturated rings. The SMILES string of the molecule is O=C(CN(Cc1cccs1)C1CC1)c1ccc(Cl)cc1. The monoisotopic (exact) mass is 305 g/mol. The van der Waals surface area contributed by atoms with E-state index in [2.05, 4.69) is 22.4 Å². The molecule has 20 heavy (non-hydrogen) atoms. The van der Waals surface area contributed by atoms with E-state index in [0.717, 1.165) is 12.1 Å². The largest absolute Gasteiger partial charge is 0.293 e. The topological polar surface area (TPSA) is 20.3 Å². The molecule has 0 aliphatic heterocycles. The Morgan fingerprint density at radius 3 is 2.60 bits per heavy atom. The lowest BCUT2D eigenvalue weighted by molar-refractivity contribution is 0.0920. The van der Waals surface area contributed by atoms with Crippen LogP contribution in [-0.2, 0) is 6.54 Å². The van der Waals surface area contributed by atoms with Gasteiger partial charge in [-0.25, -0.2) is 0 Å². The van der Waals surface area contributed by atoms with E-state index in [4.69, 9.17) is 11.6 Å². The molecule has 1 aliphatic rings. The number of benzene rings is 1. The molecule has 2 aromatic rings. The van der Waals surface area contributed by atoms with Gasteiger partial charge >= 0.3 is 0 Å². The maximum atomic E-state index is 12.3. The highest BCUT2D eigenvalue weighted by molar-refractivity contribution is 7.09. The Morgan fingerprint density at radius 1 is 1.25 bits per heavy atom. The number of carbonyl (C=O) groups excluding carboxylic acids is 1. The predicted octanol–water partition coefficient (Wildman–Crippen LogP) is 4.25. The van der Waals surface area contributed by atoms with Gasteiger partial charge in [0.2, 0.25) is 0 Å². The average molecular weight is 306 g/mol. The van der Waals surface area contributed by atoms with Gasteiger partial charge < -0.3 is 0 Å². The summed E-state index contributed by atoms with van der Waals surface area (Å²) in [5.74, 6) is 0.171. The van der Waals surface area contributed by atoms with Crippen molar-refractivity contribution < 1.29 is 4.79 Å². The van der Waals surface area contributed by atoms with E-state index in [1.807, 2.05) is 0 Å². The smallest absolute Gasteiger partial charge is 0.176 e. The molecule has 0 radical (unpaired) electrons. The molecule has 0 unspecified atom stereocenters. The number of hydrogen-bond donors (Lipinski definition) is 0. The quantitative estimate of drug-likeness (QED) is 0.744. The Hall–Kier alpha value is -1.16. The van der Waals surface area contributed by atoms with Crippen LogP contribution in [0, 0.1) is 0 Å². The Labute approximate surface area is 128 Å². The van der Waals surface area contributed by atoms with Crippen molar-refractivity contribution in [3.63, 3.8) is 0 Å². The Kier molecular flexibility index (Phi) is 4.20. The van der Waals surface area contributed by atoms with Gasteiger partial charge in [0.1, 0.15) is 0 Å². The molecule has 1 aliphatic carbocycles. The van der Waals surface area contributed by atoms with Crippen molar-refractivity contribution in [3.05, 3.63) is 57.2 Å². The molecule has 1 saturated carbocycles. The maximum absolute atomic E-state index is 12.3. The van der Waals surface area contributed by atoms with Crippen molar-refractivity contribution >= 4 is 28.7 Å². The number of thiophene rings is 1. The van der Waals surface area contributed by atoms with Crippen LogP contribution in [0.25, 0.3) is 0 Å². The van der Waals surface area contributed by atoms with Crippen LogP contribution >= 0.6 is 22.9 Å². The first-order chi connectivity index (χ1) is 9.72. The lowest BCUT2D eigenvalue weighted by atomic mass is 10.1. The van der Waals surface area contributed by atoms with Crippen molar-refractivity contribution in [2.75, 3.05) is 6.54 Å². The van der Waals surface area contributed by atoms with Gasteiger partial charge in [-0.15, -0.1) is 11.3 Å². The number of carbonyl (C=O) groups is 1. The Bertz CT molecular complexity index is 575. The first kappa shape index (κ1) is 13.8. The van der Waals surface area contributed by atoms with Crippen LogP contribution < -0.4 is 0 Å². The number of hydrogen-bond acceptors (Lipinski definition) is 3.